The molecule has 5 nitrogen and oxygen atoms in total. The minimum absolute atomic E-state index is 0.190. The Balaban J connectivity index is 1.88. The Morgan fingerprint density at radius 3 is 2.89 bits per heavy atom. The van der Waals surface area contributed by atoms with Gasteiger partial charge in [0, 0.05) is 19.3 Å². The number of rotatable bonds is 4. The van der Waals surface area contributed by atoms with Crippen molar-refractivity contribution in [3.8, 4) is 6.07 Å². The van der Waals surface area contributed by atoms with Gasteiger partial charge in [0.2, 0.25) is 0 Å². The third-order valence-electron chi connectivity index (χ3n) is 3.70. The van der Waals surface area contributed by atoms with Crippen LogP contribution in [0.5, 0.6) is 0 Å². The summed E-state index contributed by atoms with van der Waals surface area (Å²) >= 11 is 0. The van der Waals surface area contributed by atoms with Crippen LogP contribution in [0.2, 0.25) is 0 Å². The van der Waals surface area contributed by atoms with Crippen molar-refractivity contribution in [1.29, 1.82) is 5.26 Å². The van der Waals surface area contributed by atoms with E-state index in [9.17, 15) is 9.90 Å². The van der Waals surface area contributed by atoms with E-state index in [4.69, 9.17) is 5.26 Å². The van der Waals surface area contributed by atoms with Crippen molar-refractivity contribution in [3.05, 3.63) is 29.6 Å². The first-order valence-corrected chi connectivity index (χ1v) is 6.50. The van der Waals surface area contributed by atoms with Crippen molar-refractivity contribution >= 4 is 5.91 Å². The minimum Gasteiger partial charge on any atom is -0.396 e. The lowest BCUT2D eigenvalue weighted by Gasteiger charge is -2.17. The van der Waals surface area contributed by atoms with Gasteiger partial charge in [-0.15, -0.1) is 0 Å². The fourth-order valence-electron chi connectivity index (χ4n) is 2.53. The summed E-state index contributed by atoms with van der Waals surface area (Å²) in [5.74, 6) is 0.426. The standard InChI is InChI=1S/C14H17N3O2/c15-6-10-4-5-13(16-7-10)14(19)17-8-11-2-1-3-12(11)9-18/h4-5,7,11-12,18H,1-3,8-9H2,(H,17,19). The normalized spacial score (nSPS) is 21.9. The van der Waals surface area contributed by atoms with E-state index >= 15 is 0 Å². The highest BCUT2D eigenvalue weighted by Crippen LogP contribution is 2.30. The summed E-state index contributed by atoms with van der Waals surface area (Å²) < 4.78 is 0. The molecule has 5 heteroatoms. The molecule has 1 saturated carbocycles. The number of pyridine rings is 1. The lowest BCUT2D eigenvalue weighted by atomic mass is 9.97. The summed E-state index contributed by atoms with van der Waals surface area (Å²) in [6, 6.07) is 5.09. The Hall–Kier alpha value is -1.93. The average Bonchev–Trinajstić information content (AvgIpc) is 2.92. The maximum atomic E-state index is 11.9. The second-order valence-corrected chi connectivity index (χ2v) is 4.89. The van der Waals surface area contributed by atoms with E-state index in [-0.39, 0.29) is 12.5 Å². The molecule has 19 heavy (non-hydrogen) atoms. The van der Waals surface area contributed by atoms with E-state index in [1.165, 1.54) is 6.20 Å². The van der Waals surface area contributed by atoms with Crippen LogP contribution in [-0.2, 0) is 0 Å². The highest BCUT2D eigenvalue weighted by molar-refractivity contribution is 5.92. The van der Waals surface area contributed by atoms with Crippen molar-refractivity contribution in [2.45, 2.75) is 19.3 Å². The predicted octanol–water partition coefficient (Wildman–Crippen LogP) is 1.09. The van der Waals surface area contributed by atoms with Gasteiger partial charge in [0.05, 0.1) is 5.56 Å². The Labute approximate surface area is 112 Å². The molecule has 1 aliphatic carbocycles. The van der Waals surface area contributed by atoms with E-state index in [0.29, 0.717) is 29.6 Å². The maximum Gasteiger partial charge on any atom is 0.269 e. The Kier molecular flexibility index (Phi) is 4.48. The summed E-state index contributed by atoms with van der Waals surface area (Å²) in [6.07, 6.45) is 4.58. The molecule has 0 aliphatic heterocycles. The van der Waals surface area contributed by atoms with Gasteiger partial charge in [-0.2, -0.15) is 5.26 Å². The summed E-state index contributed by atoms with van der Waals surface area (Å²) in [7, 11) is 0. The van der Waals surface area contributed by atoms with Crippen molar-refractivity contribution in [1.82, 2.24) is 10.3 Å². The van der Waals surface area contributed by atoms with Crippen LogP contribution < -0.4 is 5.32 Å². The van der Waals surface area contributed by atoms with Crippen LogP contribution in [0.25, 0.3) is 0 Å². The van der Waals surface area contributed by atoms with Gasteiger partial charge in [-0.05, 0) is 36.8 Å². The van der Waals surface area contributed by atoms with Gasteiger partial charge in [0.1, 0.15) is 11.8 Å². The van der Waals surface area contributed by atoms with Crippen molar-refractivity contribution in [3.63, 3.8) is 0 Å². The maximum absolute atomic E-state index is 11.9. The summed E-state index contributed by atoms with van der Waals surface area (Å²) in [4.78, 5) is 15.8. The van der Waals surface area contributed by atoms with Crippen LogP contribution in [0.4, 0.5) is 0 Å². The smallest absolute Gasteiger partial charge is 0.269 e. The molecule has 2 atom stereocenters. The zero-order chi connectivity index (χ0) is 13.7. The molecular formula is C14H17N3O2. The number of amides is 1. The van der Waals surface area contributed by atoms with Crippen LogP contribution in [0.15, 0.2) is 18.3 Å². The summed E-state index contributed by atoms with van der Waals surface area (Å²) in [6.45, 7) is 0.765. The molecule has 0 radical (unpaired) electrons. The first kappa shape index (κ1) is 13.5. The number of aromatic nitrogens is 1. The van der Waals surface area contributed by atoms with Gasteiger partial charge in [0.25, 0.3) is 5.91 Å². The monoisotopic (exact) mass is 259 g/mol. The van der Waals surface area contributed by atoms with Gasteiger partial charge in [0.15, 0.2) is 0 Å². The largest absolute Gasteiger partial charge is 0.396 e. The van der Waals surface area contributed by atoms with Gasteiger partial charge in [-0.3, -0.25) is 4.79 Å². The molecule has 2 unspecified atom stereocenters. The van der Waals surface area contributed by atoms with Crippen LogP contribution in [0, 0.1) is 23.2 Å². The van der Waals surface area contributed by atoms with Crippen LogP contribution in [-0.4, -0.2) is 29.1 Å². The number of nitriles is 1. The Morgan fingerprint density at radius 2 is 2.26 bits per heavy atom. The fourth-order valence-corrected chi connectivity index (χ4v) is 2.53. The predicted molar refractivity (Wildman–Crippen MR) is 69.2 cm³/mol. The average molecular weight is 259 g/mol. The minimum atomic E-state index is -0.229. The molecule has 1 amide bonds. The van der Waals surface area contributed by atoms with Gasteiger partial charge < -0.3 is 10.4 Å². The van der Waals surface area contributed by atoms with Crippen LogP contribution in [0.1, 0.15) is 35.3 Å². The highest BCUT2D eigenvalue weighted by atomic mass is 16.3. The Bertz CT molecular complexity index is 478. The van der Waals surface area contributed by atoms with E-state index in [2.05, 4.69) is 10.3 Å². The number of carbonyl (C=O) groups is 1. The van der Waals surface area contributed by atoms with Gasteiger partial charge >= 0.3 is 0 Å². The van der Waals surface area contributed by atoms with Crippen LogP contribution in [0.3, 0.4) is 0 Å². The molecule has 2 N–H and O–H groups in total. The summed E-state index contributed by atoms with van der Waals surface area (Å²) in [5.41, 5.74) is 0.755. The zero-order valence-electron chi connectivity index (χ0n) is 10.7. The van der Waals surface area contributed by atoms with Gasteiger partial charge in [-0.25, -0.2) is 4.98 Å². The molecule has 1 aliphatic rings. The van der Waals surface area contributed by atoms with E-state index in [1.807, 2.05) is 6.07 Å². The molecule has 0 aromatic carbocycles. The third-order valence-corrected chi connectivity index (χ3v) is 3.70. The number of hydrogen-bond acceptors (Lipinski definition) is 4. The molecular weight excluding hydrogens is 242 g/mol. The summed E-state index contributed by atoms with van der Waals surface area (Å²) in [5, 5.41) is 20.7. The lowest BCUT2D eigenvalue weighted by Crippen LogP contribution is -2.32. The number of aliphatic hydroxyl groups is 1. The van der Waals surface area contributed by atoms with E-state index in [1.54, 1.807) is 12.1 Å². The number of hydrogen-bond donors (Lipinski definition) is 2. The second-order valence-electron chi connectivity index (χ2n) is 4.89. The molecule has 0 saturated heterocycles. The number of nitrogens with zero attached hydrogens (tertiary/aromatic N) is 2. The van der Waals surface area contributed by atoms with Gasteiger partial charge in [-0.1, -0.05) is 6.42 Å². The van der Waals surface area contributed by atoms with Crippen LogP contribution >= 0.6 is 0 Å². The SMILES string of the molecule is N#Cc1ccc(C(=O)NCC2CCCC2CO)nc1. The van der Waals surface area contributed by atoms with E-state index < -0.39 is 0 Å². The number of nitrogens with one attached hydrogen (secondary N) is 1. The number of carbonyl (C=O) groups excluding carboxylic acids is 1. The second kappa shape index (κ2) is 6.30. The molecule has 2 rings (SSSR count). The molecule has 0 spiro atoms. The van der Waals surface area contributed by atoms with Crippen molar-refractivity contribution < 1.29 is 9.90 Å². The first-order chi connectivity index (χ1) is 9.24. The lowest BCUT2D eigenvalue weighted by molar-refractivity contribution is 0.0933. The van der Waals surface area contributed by atoms with E-state index in [0.717, 1.165) is 19.3 Å². The fraction of sp³-hybridized carbons (Fsp3) is 0.500. The molecule has 1 heterocycles. The van der Waals surface area contributed by atoms with Crippen molar-refractivity contribution in [2.24, 2.45) is 11.8 Å². The molecule has 100 valence electrons. The van der Waals surface area contributed by atoms with Crippen molar-refractivity contribution in [2.75, 3.05) is 13.2 Å². The topological polar surface area (TPSA) is 86.0 Å². The molecule has 0 bridgehead atoms. The quantitative estimate of drug-likeness (QED) is 0.847. The molecule has 1 aromatic rings. The number of aliphatic hydroxyl groups excluding tert-OH is 1. The highest BCUT2D eigenvalue weighted by Gasteiger charge is 2.26. The third kappa shape index (κ3) is 3.30. The molecule has 1 fully saturated rings. The zero-order valence-corrected chi connectivity index (χ0v) is 10.7. The first-order valence-electron chi connectivity index (χ1n) is 6.50. The Morgan fingerprint density at radius 1 is 1.47 bits per heavy atom. The molecule has 1 aromatic heterocycles.